The first kappa shape index (κ1) is 16.9. The van der Waals surface area contributed by atoms with Gasteiger partial charge in [-0.2, -0.15) is 5.26 Å². The Morgan fingerprint density at radius 1 is 1.26 bits per heavy atom. The van der Waals surface area contributed by atoms with E-state index in [0.717, 1.165) is 33.2 Å². The molecule has 6 nitrogen and oxygen atoms in total. The summed E-state index contributed by atoms with van der Waals surface area (Å²) in [6.45, 7) is 1.98. The lowest BCUT2D eigenvalue weighted by Gasteiger charge is -2.12. The van der Waals surface area contributed by atoms with Gasteiger partial charge in [-0.05, 0) is 59.7 Å². The average molecular weight is 357 g/mol. The fourth-order valence-corrected chi connectivity index (χ4v) is 3.32. The van der Waals surface area contributed by atoms with Crippen LogP contribution in [-0.2, 0) is 4.79 Å². The molecule has 3 aromatic rings. The van der Waals surface area contributed by atoms with Gasteiger partial charge in [0.05, 0.1) is 17.9 Å². The molecule has 1 heterocycles. The molecule has 1 amide bonds. The first-order valence-corrected chi connectivity index (χ1v) is 8.73. The summed E-state index contributed by atoms with van der Waals surface area (Å²) in [5.41, 5.74) is 16.6. The smallest absolute Gasteiger partial charge is 0.230 e. The zero-order chi connectivity index (χ0) is 19.1. The van der Waals surface area contributed by atoms with Gasteiger partial charge in [0.2, 0.25) is 5.91 Å². The number of pyridine rings is 1. The number of rotatable bonds is 3. The molecule has 1 aromatic heterocycles. The Balaban J connectivity index is 1.71. The van der Waals surface area contributed by atoms with E-state index < -0.39 is 0 Å². The molecule has 27 heavy (non-hydrogen) atoms. The first-order chi connectivity index (χ1) is 13.0. The summed E-state index contributed by atoms with van der Waals surface area (Å²) in [6.07, 6.45) is 2.27. The van der Waals surface area contributed by atoms with E-state index >= 15 is 0 Å². The molecular formula is C21H19N5O. The lowest BCUT2D eigenvalue weighted by Crippen LogP contribution is -2.15. The number of hydrogen-bond donors (Lipinski definition) is 3. The number of benzene rings is 2. The maximum Gasteiger partial charge on any atom is 0.230 e. The van der Waals surface area contributed by atoms with Crippen molar-refractivity contribution in [3.05, 3.63) is 48.2 Å². The van der Waals surface area contributed by atoms with Crippen molar-refractivity contribution in [2.75, 3.05) is 16.8 Å². The standard InChI is InChI=1S/C21H19N5O/c1-11-15(3-2-4-18(11)23)12-5-13-8-20(25-10-17(13)19(24)7-12)26-21(27)16-6-14(16)9-22/h2-5,7-8,10,14,16H,6,23-24H2,1H3,(H,25,26,27)/t14-,16+/m1/s1. The molecule has 0 unspecified atom stereocenters. The van der Waals surface area contributed by atoms with Crippen molar-refractivity contribution < 1.29 is 4.79 Å². The largest absolute Gasteiger partial charge is 0.398 e. The minimum atomic E-state index is -0.237. The Labute approximate surface area is 156 Å². The normalized spacial score (nSPS) is 18.1. The van der Waals surface area contributed by atoms with Crippen molar-refractivity contribution in [3.8, 4) is 17.2 Å². The number of amides is 1. The van der Waals surface area contributed by atoms with Crippen molar-refractivity contribution in [3.63, 3.8) is 0 Å². The highest BCUT2D eigenvalue weighted by Crippen LogP contribution is 2.38. The molecule has 2 atom stereocenters. The summed E-state index contributed by atoms with van der Waals surface area (Å²) >= 11 is 0. The monoisotopic (exact) mass is 357 g/mol. The van der Waals surface area contributed by atoms with Crippen LogP contribution in [0.4, 0.5) is 17.2 Å². The number of nitriles is 1. The predicted molar refractivity (Wildman–Crippen MR) is 107 cm³/mol. The second kappa shape index (κ2) is 6.29. The third kappa shape index (κ3) is 3.04. The molecule has 0 aliphatic heterocycles. The van der Waals surface area contributed by atoms with Crippen molar-refractivity contribution in [1.82, 2.24) is 4.98 Å². The van der Waals surface area contributed by atoms with E-state index in [1.807, 2.05) is 37.3 Å². The Morgan fingerprint density at radius 2 is 2.07 bits per heavy atom. The molecule has 0 radical (unpaired) electrons. The molecule has 1 aliphatic carbocycles. The zero-order valence-corrected chi connectivity index (χ0v) is 14.9. The summed E-state index contributed by atoms with van der Waals surface area (Å²) in [5, 5.41) is 13.4. The van der Waals surface area contributed by atoms with Gasteiger partial charge in [-0.15, -0.1) is 0 Å². The number of carbonyl (C=O) groups excluding carboxylic acids is 1. The molecule has 0 bridgehead atoms. The van der Waals surface area contributed by atoms with E-state index in [-0.39, 0.29) is 17.7 Å². The second-order valence-corrected chi connectivity index (χ2v) is 6.94. The average Bonchev–Trinajstić information content (AvgIpc) is 3.44. The quantitative estimate of drug-likeness (QED) is 0.620. The molecule has 1 fully saturated rings. The van der Waals surface area contributed by atoms with E-state index in [9.17, 15) is 4.79 Å². The van der Waals surface area contributed by atoms with Crippen LogP contribution in [0.25, 0.3) is 21.9 Å². The van der Waals surface area contributed by atoms with E-state index in [1.165, 1.54) is 0 Å². The second-order valence-electron chi connectivity index (χ2n) is 6.94. The molecule has 5 N–H and O–H groups in total. The highest BCUT2D eigenvalue weighted by atomic mass is 16.2. The molecule has 2 aromatic carbocycles. The lowest BCUT2D eigenvalue weighted by molar-refractivity contribution is -0.117. The van der Waals surface area contributed by atoms with E-state index in [0.29, 0.717) is 17.9 Å². The maximum absolute atomic E-state index is 12.2. The zero-order valence-electron chi connectivity index (χ0n) is 14.9. The number of fused-ring (bicyclic) bond motifs is 1. The van der Waals surface area contributed by atoms with Crippen LogP contribution in [0, 0.1) is 30.1 Å². The van der Waals surface area contributed by atoms with Crippen LogP contribution in [0.15, 0.2) is 42.6 Å². The molecule has 134 valence electrons. The van der Waals surface area contributed by atoms with Crippen LogP contribution in [0.5, 0.6) is 0 Å². The molecule has 4 rings (SSSR count). The number of aromatic nitrogens is 1. The van der Waals surface area contributed by atoms with Crippen LogP contribution in [0.3, 0.4) is 0 Å². The molecule has 1 aliphatic rings. The molecule has 0 spiro atoms. The number of nitrogen functional groups attached to an aromatic ring is 2. The van der Waals surface area contributed by atoms with Crippen LogP contribution >= 0.6 is 0 Å². The van der Waals surface area contributed by atoms with Gasteiger partial charge in [-0.3, -0.25) is 4.79 Å². The van der Waals surface area contributed by atoms with E-state index in [2.05, 4.69) is 16.4 Å². The van der Waals surface area contributed by atoms with Gasteiger partial charge in [-0.1, -0.05) is 12.1 Å². The summed E-state index contributed by atoms with van der Waals surface area (Å²) < 4.78 is 0. The minimum Gasteiger partial charge on any atom is -0.398 e. The fraction of sp³-hybridized carbons (Fsp3) is 0.190. The van der Waals surface area contributed by atoms with Crippen LogP contribution < -0.4 is 16.8 Å². The third-order valence-electron chi connectivity index (χ3n) is 5.10. The van der Waals surface area contributed by atoms with Gasteiger partial charge >= 0.3 is 0 Å². The van der Waals surface area contributed by atoms with Crippen LogP contribution in [-0.4, -0.2) is 10.9 Å². The summed E-state index contributed by atoms with van der Waals surface area (Å²) in [6, 6.07) is 13.6. The number of hydrogen-bond acceptors (Lipinski definition) is 5. The van der Waals surface area contributed by atoms with Crippen molar-refractivity contribution >= 4 is 33.9 Å². The van der Waals surface area contributed by atoms with Gasteiger partial charge in [-0.25, -0.2) is 4.98 Å². The Bertz CT molecular complexity index is 1120. The number of nitrogens with one attached hydrogen (secondary N) is 1. The highest BCUT2D eigenvalue weighted by molar-refractivity contribution is 6.00. The molecule has 6 heteroatoms. The third-order valence-corrected chi connectivity index (χ3v) is 5.10. The number of anilines is 3. The molecular weight excluding hydrogens is 338 g/mol. The van der Waals surface area contributed by atoms with Crippen molar-refractivity contribution in [2.45, 2.75) is 13.3 Å². The fourth-order valence-electron chi connectivity index (χ4n) is 3.32. The SMILES string of the molecule is Cc1c(N)cccc1-c1cc(N)c2cnc(NC(=O)[C@H]3C[C@@H]3C#N)cc2c1. The number of nitrogens with zero attached hydrogens (tertiary/aromatic N) is 2. The van der Waals surface area contributed by atoms with Crippen molar-refractivity contribution in [1.29, 1.82) is 5.26 Å². The molecule has 0 saturated heterocycles. The van der Waals surface area contributed by atoms with Crippen LogP contribution in [0.2, 0.25) is 0 Å². The predicted octanol–water partition coefficient (Wildman–Crippen LogP) is 3.47. The lowest BCUT2D eigenvalue weighted by atomic mass is 9.96. The van der Waals surface area contributed by atoms with E-state index in [4.69, 9.17) is 16.7 Å². The Morgan fingerprint density at radius 3 is 2.81 bits per heavy atom. The Hall–Kier alpha value is -3.59. The Kier molecular flexibility index (Phi) is 3.93. The van der Waals surface area contributed by atoms with Gasteiger partial charge in [0.15, 0.2) is 0 Å². The maximum atomic E-state index is 12.2. The first-order valence-electron chi connectivity index (χ1n) is 8.73. The van der Waals surface area contributed by atoms with Gasteiger partial charge < -0.3 is 16.8 Å². The summed E-state index contributed by atoms with van der Waals surface area (Å²) in [7, 11) is 0. The summed E-state index contributed by atoms with van der Waals surface area (Å²) in [4.78, 5) is 16.5. The minimum absolute atomic E-state index is 0.163. The summed E-state index contributed by atoms with van der Waals surface area (Å²) in [5.74, 6) is -0.126. The van der Waals surface area contributed by atoms with Crippen molar-refractivity contribution in [2.24, 2.45) is 11.8 Å². The molecule has 1 saturated carbocycles. The van der Waals surface area contributed by atoms with E-state index in [1.54, 1.807) is 12.3 Å². The van der Waals surface area contributed by atoms with Gasteiger partial charge in [0.1, 0.15) is 5.82 Å². The van der Waals surface area contributed by atoms with Crippen LogP contribution in [0.1, 0.15) is 12.0 Å². The number of nitrogens with two attached hydrogens (primary N) is 2. The topological polar surface area (TPSA) is 118 Å². The van der Waals surface area contributed by atoms with Gasteiger partial charge in [0, 0.05) is 23.0 Å². The highest BCUT2D eigenvalue weighted by Gasteiger charge is 2.43. The van der Waals surface area contributed by atoms with Gasteiger partial charge in [0.25, 0.3) is 0 Å². The number of carbonyl (C=O) groups is 1.